The van der Waals surface area contributed by atoms with Gasteiger partial charge in [-0.25, -0.2) is 4.99 Å². The van der Waals surface area contributed by atoms with E-state index in [4.69, 9.17) is 4.74 Å². The molecule has 0 aliphatic carbocycles. The van der Waals surface area contributed by atoms with Crippen molar-refractivity contribution in [2.45, 2.75) is 26.6 Å². The zero-order chi connectivity index (χ0) is 19.9. The average Bonchev–Trinajstić information content (AvgIpc) is 2.64. The van der Waals surface area contributed by atoms with Gasteiger partial charge in [0.25, 0.3) is 11.9 Å². The van der Waals surface area contributed by atoms with Crippen molar-refractivity contribution in [3.8, 4) is 0 Å². The molecule has 1 N–H and O–H groups in total. The number of aliphatic imine (C=N–C) groups is 1. The topological polar surface area (TPSA) is 50.7 Å². The molecular weight excluding hydrogens is 357 g/mol. The third-order valence-electron chi connectivity index (χ3n) is 3.47. The number of ether oxygens (including phenoxy) is 1. The Labute approximate surface area is 156 Å². The number of hydrogen-bond donors (Lipinski definition) is 1. The second kappa shape index (κ2) is 9.21. The van der Waals surface area contributed by atoms with Crippen molar-refractivity contribution < 1.29 is 22.7 Å². The van der Waals surface area contributed by atoms with Crippen LogP contribution in [0.2, 0.25) is 0 Å². The van der Waals surface area contributed by atoms with E-state index in [9.17, 15) is 18.0 Å². The van der Waals surface area contributed by atoms with Gasteiger partial charge in [-0.15, -0.1) is 0 Å². The Kier molecular flexibility index (Phi) is 6.98. The number of carbonyl (C=O) groups is 1. The van der Waals surface area contributed by atoms with Crippen LogP contribution in [0.25, 0.3) is 0 Å². The largest absolute Gasteiger partial charge is 0.465 e. The second-order valence-corrected chi connectivity index (χ2v) is 6.34. The second-order valence-electron chi connectivity index (χ2n) is 6.34. The van der Waals surface area contributed by atoms with Crippen LogP contribution in [0.4, 0.5) is 13.2 Å². The molecule has 0 radical (unpaired) electrons. The predicted octanol–water partition coefficient (Wildman–Crippen LogP) is 4.66. The zero-order valence-electron chi connectivity index (χ0n) is 15.1. The fourth-order valence-corrected chi connectivity index (χ4v) is 2.12. The van der Waals surface area contributed by atoms with Crippen molar-refractivity contribution in [1.82, 2.24) is 5.32 Å². The summed E-state index contributed by atoms with van der Waals surface area (Å²) in [5.41, 5.74) is -0.0946. The Balaban J connectivity index is 2.15. The van der Waals surface area contributed by atoms with Crippen molar-refractivity contribution in [2.24, 2.45) is 10.9 Å². The average molecular weight is 378 g/mol. The number of rotatable bonds is 5. The van der Waals surface area contributed by atoms with Gasteiger partial charge >= 0.3 is 6.18 Å². The first kappa shape index (κ1) is 20.5. The Bertz CT molecular complexity index is 787. The lowest BCUT2D eigenvalue weighted by atomic mass is 10.1. The highest BCUT2D eigenvalue weighted by atomic mass is 19.4. The van der Waals surface area contributed by atoms with Crippen LogP contribution in [0.3, 0.4) is 0 Å². The van der Waals surface area contributed by atoms with Crippen molar-refractivity contribution in [3.63, 3.8) is 0 Å². The van der Waals surface area contributed by atoms with Gasteiger partial charge in [-0.3, -0.25) is 10.1 Å². The SMILES string of the molecule is CC(C)COC(=NCc1ccccc1)NC(=O)c1cccc(C(F)(F)F)c1. The molecule has 0 bridgehead atoms. The minimum absolute atomic E-state index is 0.0186. The summed E-state index contributed by atoms with van der Waals surface area (Å²) in [5.74, 6) is -0.519. The molecule has 0 saturated carbocycles. The standard InChI is InChI=1S/C20H21F3N2O2/c1-14(2)13-27-19(24-12-15-7-4-3-5-8-15)25-18(26)16-9-6-10-17(11-16)20(21,22)23/h3-11,14H,12-13H2,1-2H3,(H,24,25,26). The van der Waals surface area contributed by atoms with E-state index in [1.54, 1.807) is 0 Å². The van der Waals surface area contributed by atoms with E-state index >= 15 is 0 Å². The number of amidine groups is 1. The maximum Gasteiger partial charge on any atom is 0.416 e. The van der Waals surface area contributed by atoms with E-state index in [2.05, 4.69) is 10.3 Å². The van der Waals surface area contributed by atoms with E-state index in [1.165, 1.54) is 12.1 Å². The van der Waals surface area contributed by atoms with Crippen LogP contribution >= 0.6 is 0 Å². The van der Waals surface area contributed by atoms with Gasteiger partial charge in [-0.05, 0) is 29.7 Å². The van der Waals surface area contributed by atoms with Crippen LogP contribution in [0.1, 0.15) is 35.3 Å². The van der Waals surface area contributed by atoms with Gasteiger partial charge in [-0.1, -0.05) is 50.2 Å². The fraction of sp³-hybridized carbons (Fsp3) is 0.300. The molecule has 0 heterocycles. The van der Waals surface area contributed by atoms with Crippen molar-refractivity contribution in [2.75, 3.05) is 6.61 Å². The van der Waals surface area contributed by atoms with Crippen LogP contribution in [0, 0.1) is 5.92 Å². The number of alkyl halides is 3. The van der Waals surface area contributed by atoms with Crippen molar-refractivity contribution >= 4 is 11.9 Å². The van der Waals surface area contributed by atoms with Crippen LogP contribution < -0.4 is 5.32 Å². The van der Waals surface area contributed by atoms with Crippen LogP contribution in [0.15, 0.2) is 59.6 Å². The molecular formula is C20H21F3N2O2. The summed E-state index contributed by atoms with van der Waals surface area (Å²) in [6.45, 7) is 4.46. The molecule has 1 amide bonds. The van der Waals surface area contributed by atoms with Gasteiger partial charge < -0.3 is 4.74 Å². The minimum atomic E-state index is -4.52. The van der Waals surface area contributed by atoms with Crippen LogP contribution in [0.5, 0.6) is 0 Å². The summed E-state index contributed by atoms with van der Waals surface area (Å²) in [5, 5.41) is 2.46. The highest BCUT2D eigenvalue weighted by Crippen LogP contribution is 2.29. The number of benzene rings is 2. The Hall–Kier alpha value is -2.83. The fourth-order valence-electron chi connectivity index (χ4n) is 2.12. The molecule has 2 rings (SSSR count). The highest BCUT2D eigenvalue weighted by molar-refractivity contribution is 6.04. The molecule has 0 atom stereocenters. The third-order valence-corrected chi connectivity index (χ3v) is 3.47. The Morgan fingerprint density at radius 3 is 2.44 bits per heavy atom. The number of nitrogens with one attached hydrogen (secondary N) is 1. The molecule has 0 unspecified atom stereocenters. The van der Waals surface area contributed by atoms with Crippen LogP contribution in [-0.4, -0.2) is 18.5 Å². The predicted molar refractivity (Wildman–Crippen MR) is 97.3 cm³/mol. The highest BCUT2D eigenvalue weighted by Gasteiger charge is 2.31. The van der Waals surface area contributed by atoms with E-state index in [0.29, 0.717) is 6.61 Å². The molecule has 0 aromatic heterocycles. The molecule has 4 nitrogen and oxygen atoms in total. The molecule has 0 aliphatic rings. The van der Waals surface area contributed by atoms with Gasteiger partial charge in [0.15, 0.2) is 0 Å². The normalized spacial score (nSPS) is 12.1. The molecule has 27 heavy (non-hydrogen) atoms. The van der Waals surface area contributed by atoms with Gasteiger partial charge in [0.05, 0.1) is 18.7 Å². The molecule has 0 saturated heterocycles. The lowest BCUT2D eigenvalue weighted by Crippen LogP contribution is -2.33. The van der Waals surface area contributed by atoms with E-state index in [1.807, 2.05) is 44.2 Å². The summed E-state index contributed by atoms with van der Waals surface area (Å²) in [6.07, 6.45) is -4.52. The lowest BCUT2D eigenvalue weighted by molar-refractivity contribution is -0.137. The zero-order valence-corrected chi connectivity index (χ0v) is 15.1. The first-order valence-electron chi connectivity index (χ1n) is 8.45. The third kappa shape index (κ3) is 6.77. The molecule has 0 spiro atoms. The van der Waals surface area contributed by atoms with Crippen molar-refractivity contribution in [3.05, 3.63) is 71.3 Å². The summed E-state index contributed by atoms with van der Waals surface area (Å²) in [7, 11) is 0. The molecule has 2 aromatic carbocycles. The molecule has 2 aromatic rings. The first-order chi connectivity index (χ1) is 12.8. The molecule has 0 aliphatic heterocycles. The van der Waals surface area contributed by atoms with Gasteiger partial charge in [-0.2, -0.15) is 13.2 Å². The number of amides is 1. The molecule has 7 heteroatoms. The maximum absolute atomic E-state index is 12.8. The van der Waals surface area contributed by atoms with Crippen LogP contribution in [-0.2, 0) is 17.5 Å². The number of hydrogen-bond acceptors (Lipinski definition) is 3. The number of halogens is 3. The monoisotopic (exact) mass is 378 g/mol. The van der Waals surface area contributed by atoms with Gasteiger partial charge in [0.1, 0.15) is 0 Å². The van der Waals surface area contributed by atoms with Gasteiger partial charge in [0, 0.05) is 5.56 Å². The van der Waals surface area contributed by atoms with Crippen molar-refractivity contribution in [1.29, 1.82) is 0 Å². The maximum atomic E-state index is 12.8. The quantitative estimate of drug-likeness (QED) is 0.608. The Morgan fingerprint density at radius 2 is 1.81 bits per heavy atom. The Morgan fingerprint density at radius 1 is 1.11 bits per heavy atom. The smallest absolute Gasteiger partial charge is 0.416 e. The summed E-state index contributed by atoms with van der Waals surface area (Å²) < 4.78 is 44.0. The number of nitrogens with zero attached hydrogens (tertiary/aromatic N) is 1. The van der Waals surface area contributed by atoms with Gasteiger partial charge in [0.2, 0.25) is 0 Å². The minimum Gasteiger partial charge on any atom is -0.465 e. The molecule has 144 valence electrons. The summed E-state index contributed by atoms with van der Waals surface area (Å²) in [4.78, 5) is 16.6. The lowest BCUT2D eigenvalue weighted by Gasteiger charge is -2.13. The summed E-state index contributed by atoms with van der Waals surface area (Å²) in [6, 6.07) is 13.5. The summed E-state index contributed by atoms with van der Waals surface area (Å²) >= 11 is 0. The van der Waals surface area contributed by atoms with E-state index in [-0.39, 0.29) is 24.0 Å². The number of carbonyl (C=O) groups excluding carboxylic acids is 1. The molecule has 0 fully saturated rings. The first-order valence-corrected chi connectivity index (χ1v) is 8.45. The van der Waals surface area contributed by atoms with E-state index in [0.717, 1.165) is 17.7 Å². The van der Waals surface area contributed by atoms with E-state index < -0.39 is 17.6 Å².